The van der Waals surface area contributed by atoms with Gasteiger partial charge in [0.2, 0.25) is 10.0 Å². The van der Waals surface area contributed by atoms with Gasteiger partial charge in [-0.15, -0.1) is 0 Å². The number of pyridine rings is 1. The number of aromatic nitrogens is 1. The predicted molar refractivity (Wildman–Crippen MR) is 61.5 cm³/mol. The van der Waals surface area contributed by atoms with Gasteiger partial charge in [0.25, 0.3) is 5.91 Å². The highest BCUT2D eigenvalue weighted by Gasteiger charge is 2.36. The molecule has 92 valence electrons. The molecule has 0 unspecified atom stereocenters. The van der Waals surface area contributed by atoms with E-state index in [-0.39, 0.29) is 12.1 Å². The molecule has 1 aliphatic rings. The summed E-state index contributed by atoms with van der Waals surface area (Å²) in [5.74, 6) is -0.631. The summed E-state index contributed by atoms with van der Waals surface area (Å²) in [6.45, 7) is 0.205. The molecule has 1 heterocycles. The lowest BCUT2D eigenvalue weighted by molar-refractivity contribution is 0.0981. The van der Waals surface area contributed by atoms with Crippen LogP contribution in [0.25, 0.3) is 0 Å². The third-order valence-corrected chi connectivity index (χ3v) is 4.31. The van der Waals surface area contributed by atoms with E-state index in [0.717, 1.165) is 0 Å². The number of sulfonamides is 1. The Morgan fingerprint density at radius 3 is 2.82 bits per heavy atom. The van der Waals surface area contributed by atoms with Gasteiger partial charge in [-0.1, -0.05) is 0 Å². The Morgan fingerprint density at radius 1 is 1.53 bits per heavy atom. The van der Waals surface area contributed by atoms with Crippen molar-refractivity contribution in [2.75, 3.05) is 0 Å². The van der Waals surface area contributed by atoms with E-state index >= 15 is 0 Å². The Hall–Kier alpha value is -1.47. The van der Waals surface area contributed by atoms with E-state index in [9.17, 15) is 13.2 Å². The van der Waals surface area contributed by atoms with Crippen molar-refractivity contribution < 1.29 is 13.2 Å². The van der Waals surface area contributed by atoms with Crippen molar-refractivity contribution in [3.63, 3.8) is 0 Å². The molecule has 0 spiro atoms. The fourth-order valence-electron chi connectivity index (χ4n) is 1.38. The van der Waals surface area contributed by atoms with Gasteiger partial charge in [0, 0.05) is 18.3 Å². The van der Waals surface area contributed by atoms with Crippen molar-refractivity contribution in [1.29, 1.82) is 0 Å². The van der Waals surface area contributed by atoms with Gasteiger partial charge in [-0.3, -0.25) is 9.78 Å². The van der Waals surface area contributed by atoms with Crippen LogP contribution in [0.1, 0.15) is 28.9 Å². The minimum absolute atomic E-state index is 0.205. The first-order chi connectivity index (χ1) is 8.03. The molecular weight excluding hydrogens is 242 g/mol. The number of amides is 1. The standard InChI is InChI=1S/C10H13N3O3S/c11-6-8-5-7(3-4-12-8)10(14)13-17(15,16)9-1-2-9/h3-5,9H,1-2,6,11H2,(H,13,14). The minimum Gasteiger partial charge on any atom is -0.325 e. The molecule has 0 aliphatic heterocycles. The number of nitrogens with one attached hydrogen (secondary N) is 1. The van der Waals surface area contributed by atoms with Crippen LogP contribution in [0.5, 0.6) is 0 Å². The van der Waals surface area contributed by atoms with E-state index in [1.54, 1.807) is 0 Å². The van der Waals surface area contributed by atoms with Crippen LogP contribution in [0.15, 0.2) is 18.3 Å². The van der Waals surface area contributed by atoms with E-state index in [0.29, 0.717) is 18.5 Å². The molecule has 1 fully saturated rings. The average Bonchev–Trinajstić information content (AvgIpc) is 3.12. The third-order valence-electron chi connectivity index (χ3n) is 2.49. The molecule has 0 saturated heterocycles. The predicted octanol–water partition coefficient (Wildman–Crippen LogP) is -0.238. The molecule has 0 aromatic carbocycles. The fourth-order valence-corrected chi connectivity index (χ4v) is 2.68. The van der Waals surface area contributed by atoms with Crippen molar-refractivity contribution in [3.8, 4) is 0 Å². The SMILES string of the molecule is NCc1cc(C(=O)NS(=O)(=O)C2CC2)ccn1. The largest absolute Gasteiger partial charge is 0.325 e. The van der Waals surface area contributed by atoms with Crippen LogP contribution >= 0.6 is 0 Å². The Bertz CT molecular complexity index is 537. The number of hydrogen-bond donors (Lipinski definition) is 2. The summed E-state index contributed by atoms with van der Waals surface area (Å²) in [7, 11) is -3.51. The number of carbonyl (C=O) groups is 1. The summed E-state index contributed by atoms with van der Waals surface area (Å²) in [6, 6.07) is 2.94. The van der Waals surface area contributed by atoms with Gasteiger partial charge in [-0.25, -0.2) is 13.1 Å². The molecule has 0 radical (unpaired) electrons. The van der Waals surface area contributed by atoms with Crippen LogP contribution in [0, 0.1) is 0 Å². The molecular formula is C10H13N3O3S. The number of hydrogen-bond acceptors (Lipinski definition) is 5. The number of nitrogens with zero attached hydrogens (tertiary/aromatic N) is 1. The maximum Gasteiger partial charge on any atom is 0.264 e. The van der Waals surface area contributed by atoms with Gasteiger partial charge in [0.1, 0.15) is 0 Å². The maximum absolute atomic E-state index is 11.7. The summed E-state index contributed by atoms with van der Waals surface area (Å²) < 4.78 is 25.2. The van der Waals surface area contributed by atoms with Crippen molar-refractivity contribution in [2.45, 2.75) is 24.6 Å². The van der Waals surface area contributed by atoms with E-state index in [2.05, 4.69) is 9.71 Å². The molecule has 6 nitrogen and oxygen atoms in total. The smallest absolute Gasteiger partial charge is 0.264 e. The lowest BCUT2D eigenvalue weighted by Crippen LogP contribution is -2.33. The van der Waals surface area contributed by atoms with E-state index in [4.69, 9.17) is 5.73 Å². The topological polar surface area (TPSA) is 102 Å². The summed E-state index contributed by atoms with van der Waals surface area (Å²) >= 11 is 0. The normalized spacial score (nSPS) is 15.6. The lowest BCUT2D eigenvalue weighted by atomic mass is 10.2. The van der Waals surface area contributed by atoms with Gasteiger partial charge < -0.3 is 5.73 Å². The maximum atomic E-state index is 11.7. The van der Waals surface area contributed by atoms with Crippen LogP contribution < -0.4 is 10.5 Å². The molecule has 0 bridgehead atoms. The van der Waals surface area contributed by atoms with Crippen molar-refractivity contribution >= 4 is 15.9 Å². The highest BCUT2D eigenvalue weighted by molar-refractivity contribution is 7.91. The second-order valence-electron chi connectivity index (χ2n) is 3.92. The quantitative estimate of drug-likeness (QED) is 0.773. The highest BCUT2D eigenvalue weighted by atomic mass is 32.2. The zero-order valence-electron chi connectivity index (χ0n) is 9.09. The van der Waals surface area contributed by atoms with Crippen molar-refractivity contribution in [1.82, 2.24) is 9.71 Å². The van der Waals surface area contributed by atoms with Crippen LogP contribution in [0.3, 0.4) is 0 Å². The molecule has 2 rings (SSSR count). The second kappa shape index (κ2) is 4.42. The fraction of sp³-hybridized carbons (Fsp3) is 0.400. The minimum atomic E-state index is -3.51. The molecule has 7 heteroatoms. The van der Waals surface area contributed by atoms with Gasteiger partial charge in [-0.2, -0.15) is 0 Å². The van der Waals surface area contributed by atoms with Gasteiger partial charge in [-0.05, 0) is 25.0 Å². The van der Waals surface area contributed by atoms with E-state index in [1.807, 2.05) is 0 Å². The van der Waals surface area contributed by atoms with Crippen LogP contribution in [-0.4, -0.2) is 24.6 Å². The summed E-state index contributed by atoms with van der Waals surface area (Å²) in [4.78, 5) is 15.6. The summed E-state index contributed by atoms with van der Waals surface area (Å²) in [6.07, 6.45) is 2.67. The average molecular weight is 255 g/mol. The molecule has 1 aromatic heterocycles. The van der Waals surface area contributed by atoms with Gasteiger partial charge >= 0.3 is 0 Å². The molecule has 1 amide bonds. The first-order valence-corrected chi connectivity index (χ1v) is 6.78. The molecule has 17 heavy (non-hydrogen) atoms. The van der Waals surface area contributed by atoms with Crippen molar-refractivity contribution in [2.24, 2.45) is 5.73 Å². The third kappa shape index (κ3) is 2.80. The zero-order valence-corrected chi connectivity index (χ0v) is 9.90. The molecule has 1 saturated carbocycles. The zero-order chi connectivity index (χ0) is 12.5. The lowest BCUT2D eigenvalue weighted by Gasteiger charge is -2.06. The number of carbonyl (C=O) groups excluding carboxylic acids is 1. The molecule has 1 aromatic rings. The summed E-state index contributed by atoms with van der Waals surface area (Å²) in [5, 5.41) is -0.415. The second-order valence-corrected chi connectivity index (χ2v) is 5.88. The van der Waals surface area contributed by atoms with Crippen molar-refractivity contribution in [3.05, 3.63) is 29.6 Å². The molecule has 3 N–H and O–H groups in total. The molecule has 0 atom stereocenters. The number of nitrogens with two attached hydrogens (primary N) is 1. The molecule has 1 aliphatic carbocycles. The Balaban J connectivity index is 2.14. The van der Waals surface area contributed by atoms with E-state index in [1.165, 1.54) is 18.3 Å². The Kier molecular flexibility index (Phi) is 3.12. The monoisotopic (exact) mass is 255 g/mol. The van der Waals surface area contributed by atoms with Gasteiger partial charge in [0.15, 0.2) is 0 Å². The van der Waals surface area contributed by atoms with Crippen LogP contribution in [-0.2, 0) is 16.6 Å². The van der Waals surface area contributed by atoms with E-state index < -0.39 is 21.2 Å². The van der Waals surface area contributed by atoms with Gasteiger partial charge in [0.05, 0.1) is 10.9 Å². The van der Waals surface area contributed by atoms with Crippen LogP contribution in [0.2, 0.25) is 0 Å². The Morgan fingerprint density at radius 2 is 2.24 bits per heavy atom. The first-order valence-electron chi connectivity index (χ1n) is 5.24. The highest BCUT2D eigenvalue weighted by Crippen LogP contribution is 2.27. The van der Waals surface area contributed by atoms with Crippen LogP contribution in [0.4, 0.5) is 0 Å². The summed E-state index contributed by atoms with van der Waals surface area (Å²) in [5.41, 5.74) is 6.19. The Labute approximate surface area is 99.3 Å². The first kappa shape index (κ1) is 12.0. The number of rotatable bonds is 4.